The van der Waals surface area contributed by atoms with E-state index in [9.17, 15) is 9.59 Å². The van der Waals surface area contributed by atoms with E-state index in [0.29, 0.717) is 13.1 Å². The number of benzene rings is 2. The van der Waals surface area contributed by atoms with Crippen LogP contribution in [0.25, 0.3) is 0 Å². The van der Waals surface area contributed by atoms with Gasteiger partial charge in [0.05, 0.1) is 6.54 Å². The van der Waals surface area contributed by atoms with Gasteiger partial charge < -0.3 is 10.2 Å². The maximum absolute atomic E-state index is 12.9. The van der Waals surface area contributed by atoms with Gasteiger partial charge in [0, 0.05) is 25.5 Å². The SMILES string of the molecule is CCN(Cc1ccccc1)C(=O)CNC(=O)C(c1ccccc1)n1cccn1. The van der Waals surface area contributed by atoms with Crippen LogP contribution in [0.15, 0.2) is 79.1 Å². The number of rotatable bonds is 8. The van der Waals surface area contributed by atoms with Gasteiger partial charge in [-0.2, -0.15) is 5.10 Å². The lowest BCUT2D eigenvalue weighted by atomic mass is 10.1. The van der Waals surface area contributed by atoms with E-state index in [4.69, 9.17) is 0 Å². The minimum absolute atomic E-state index is 0.0515. The molecule has 1 unspecified atom stereocenters. The average Bonchev–Trinajstić information content (AvgIpc) is 3.26. The smallest absolute Gasteiger partial charge is 0.249 e. The van der Waals surface area contributed by atoms with Crippen LogP contribution in [0.4, 0.5) is 0 Å². The van der Waals surface area contributed by atoms with Crippen LogP contribution in [0.1, 0.15) is 24.1 Å². The highest BCUT2D eigenvalue weighted by Crippen LogP contribution is 2.17. The van der Waals surface area contributed by atoms with Gasteiger partial charge in [-0.3, -0.25) is 14.3 Å². The highest BCUT2D eigenvalue weighted by molar-refractivity contribution is 5.88. The lowest BCUT2D eigenvalue weighted by Crippen LogP contribution is -2.42. The molecule has 2 aromatic carbocycles. The minimum atomic E-state index is -0.617. The fourth-order valence-electron chi connectivity index (χ4n) is 3.04. The summed E-state index contributed by atoms with van der Waals surface area (Å²) in [4.78, 5) is 27.2. The topological polar surface area (TPSA) is 67.2 Å². The largest absolute Gasteiger partial charge is 0.345 e. The minimum Gasteiger partial charge on any atom is -0.345 e. The van der Waals surface area contributed by atoms with Gasteiger partial charge in [0.2, 0.25) is 11.8 Å². The quantitative estimate of drug-likeness (QED) is 0.657. The third-order valence-electron chi connectivity index (χ3n) is 4.52. The monoisotopic (exact) mass is 376 g/mol. The highest BCUT2D eigenvalue weighted by atomic mass is 16.2. The van der Waals surface area contributed by atoms with Crippen LogP contribution in [-0.4, -0.2) is 39.6 Å². The van der Waals surface area contributed by atoms with Crippen molar-refractivity contribution in [3.8, 4) is 0 Å². The molecule has 0 saturated carbocycles. The van der Waals surface area contributed by atoms with Crippen LogP contribution in [0, 0.1) is 0 Å². The first-order chi connectivity index (χ1) is 13.7. The highest BCUT2D eigenvalue weighted by Gasteiger charge is 2.24. The summed E-state index contributed by atoms with van der Waals surface area (Å²) < 4.78 is 1.59. The van der Waals surface area contributed by atoms with E-state index >= 15 is 0 Å². The molecular weight excluding hydrogens is 352 g/mol. The number of likely N-dealkylation sites (N-methyl/N-ethyl adjacent to an activating group) is 1. The predicted molar refractivity (Wildman–Crippen MR) is 107 cm³/mol. The van der Waals surface area contributed by atoms with Gasteiger partial charge >= 0.3 is 0 Å². The van der Waals surface area contributed by atoms with E-state index in [-0.39, 0.29) is 18.4 Å². The number of carbonyl (C=O) groups is 2. The van der Waals surface area contributed by atoms with Crippen molar-refractivity contribution in [1.82, 2.24) is 20.0 Å². The molecule has 1 heterocycles. The Morgan fingerprint density at radius 2 is 1.71 bits per heavy atom. The Bertz CT molecular complexity index is 879. The van der Waals surface area contributed by atoms with Crippen LogP contribution >= 0.6 is 0 Å². The lowest BCUT2D eigenvalue weighted by molar-refractivity contribution is -0.133. The van der Waals surface area contributed by atoms with E-state index in [1.54, 1.807) is 28.0 Å². The second-order valence-corrected chi connectivity index (χ2v) is 6.41. The fourth-order valence-corrected chi connectivity index (χ4v) is 3.04. The van der Waals surface area contributed by atoms with Crippen LogP contribution < -0.4 is 5.32 Å². The molecule has 1 atom stereocenters. The number of aromatic nitrogens is 2. The summed E-state index contributed by atoms with van der Waals surface area (Å²) in [7, 11) is 0. The second kappa shape index (κ2) is 9.50. The Morgan fingerprint density at radius 1 is 1.04 bits per heavy atom. The molecule has 0 radical (unpaired) electrons. The molecule has 3 rings (SSSR count). The van der Waals surface area contributed by atoms with E-state index in [2.05, 4.69) is 10.4 Å². The summed E-state index contributed by atoms with van der Waals surface area (Å²) in [6, 6.07) is 20.4. The maximum atomic E-state index is 12.9. The summed E-state index contributed by atoms with van der Waals surface area (Å²) in [5.41, 5.74) is 1.87. The van der Waals surface area contributed by atoms with Crippen LogP contribution in [0.3, 0.4) is 0 Å². The molecule has 1 N–H and O–H groups in total. The van der Waals surface area contributed by atoms with Gasteiger partial charge in [0.25, 0.3) is 0 Å². The van der Waals surface area contributed by atoms with Crippen LogP contribution in [-0.2, 0) is 16.1 Å². The number of nitrogens with zero attached hydrogens (tertiary/aromatic N) is 3. The van der Waals surface area contributed by atoms with Gasteiger partial charge in [0.15, 0.2) is 6.04 Å². The molecule has 1 aromatic heterocycles. The third-order valence-corrected chi connectivity index (χ3v) is 4.52. The lowest BCUT2D eigenvalue weighted by Gasteiger charge is -2.22. The predicted octanol–water partition coefficient (Wildman–Crippen LogP) is 2.64. The number of carbonyl (C=O) groups excluding carboxylic acids is 2. The van der Waals surface area contributed by atoms with Crippen molar-refractivity contribution in [1.29, 1.82) is 0 Å². The molecule has 3 aromatic rings. The average molecular weight is 376 g/mol. The molecule has 2 amide bonds. The third kappa shape index (κ3) is 4.85. The Labute approximate surface area is 164 Å². The second-order valence-electron chi connectivity index (χ2n) is 6.41. The van der Waals surface area contributed by atoms with Gasteiger partial charge in [0.1, 0.15) is 0 Å². The summed E-state index contributed by atoms with van der Waals surface area (Å²) in [5.74, 6) is -0.383. The summed E-state index contributed by atoms with van der Waals surface area (Å²) in [5, 5.41) is 6.99. The van der Waals surface area contributed by atoms with Crippen molar-refractivity contribution in [2.75, 3.05) is 13.1 Å². The zero-order valence-corrected chi connectivity index (χ0v) is 15.9. The molecule has 0 aliphatic heterocycles. The van der Waals surface area contributed by atoms with Crippen LogP contribution in [0.2, 0.25) is 0 Å². The first-order valence-corrected chi connectivity index (χ1v) is 9.32. The Kier molecular flexibility index (Phi) is 6.57. The normalized spacial score (nSPS) is 11.6. The molecule has 6 heteroatoms. The fraction of sp³-hybridized carbons (Fsp3) is 0.227. The molecule has 6 nitrogen and oxygen atoms in total. The van der Waals surface area contributed by atoms with Gasteiger partial charge in [-0.25, -0.2) is 0 Å². The van der Waals surface area contributed by atoms with Crippen molar-refractivity contribution in [2.24, 2.45) is 0 Å². The molecule has 0 saturated heterocycles. The molecule has 28 heavy (non-hydrogen) atoms. The Hall–Kier alpha value is -3.41. The van der Waals surface area contributed by atoms with Crippen molar-refractivity contribution in [2.45, 2.75) is 19.5 Å². The Balaban J connectivity index is 1.66. The molecule has 0 aliphatic carbocycles. The number of amides is 2. The first-order valence-electron chi connectivity index (χ1n) is 9.32. The zero-order valence-electron chi connectivity index (χ0n) is 15.9. The summed E-state index contributed by atoms with van der Waals surface area (Å²) in [6.07, 6.45) is 3.37. The van der Waals surface area contributed by atoms with Crippen molar-refractivity contribution in [3.05, 3.63) is 90.3 Å². The number of hydrogen-bond acceptors (Lipinski definition) is 3. The van der Waals surface area contributed by atoms with Gasteiger partial charge in [-0.15, -0.1) is 0 Å². The zero-order chi connectivity index (χ0) is 19.8. The Morgan fingerprint density at radius 3 is 2.32 bits per heavy atom. The van der Waals surface area contributed by atoms with E-state index in [1.807, 2.05) is 67.6 Å². The molecule has 144 valence electrons. The van der Waals surface area contributed by atoms with Crippen LogP contribution in [0.5, 0.6) is 0 Å². The van der Waals surface area contributed by atoms with Crippen molar-refractivity contribution < 1.29 is 9.59 Å². The van der Waals surface area contributed by atoms with E-state index in [1.165, 1.54) is 0 Å². The molecule has 0 fully saturated rings. The van der Waals surface area contributed by atoms with Crippen molar-refractivity contribution in [3.63, 3.8) is 0 Å². The first kappa shape index (κ1) is 19.4. The van der Waals surface area contributed by atoms with Gasteiger partial charge in [-0.1, -0.05) is 60.7 Å². The molecule has 0 spiro atoms. The molecule has 0 bridgehead atoms. The van der Waals surface area contributed by atoms with Crippen molar-refractivity contribution >= 4 is 11.8 Å². The summed E-state index contributed by atoms with van der Waals surface area (Å²) in [6.45, 7) is 2.97. The van der Waals surface area contributed by atoms with E-state index in [0.717, 1.165) is 11.1 Å². The summed E-state index contributed by atoms with van der Waals surface area (Å²) >= 11 is 0. The standard InChI is InChI=1S/C22H24N4O2/c1-2-25(17-18-10-5-3-6-11-18)20(27)16-23-22(28)21(26-15-9-14-24-26)19-12-7-4-8-13-19/h3-15,21H,2,16-17H2,1H3,(H,23,28). The van der Waals surface area contributed by atoms with Gasteiger partial charge in [-0.05, 0) is 24.1 Å². The number of nitrogens with one attached hydrogen (secondary N) is 1. The number of hydrogen-bond donors (Lipinski definition) is 1. The molecule has 0 aliphatic rings. The van der Waals surface area contributed by atoms with E-state index < -0.39 is 6.04 Å². The maximum Gasteiger partial charge on any atom is 0.249 e. The molecular formula is C22H24N4O2.